The van der Waals surface area contributed by atoms with Crippen molar-refractivity contribution >= 4 is 17.4 Å². The van der Waals surface area contributed by atoms with Gasteiger partial charge in [-0.1, -0.05) is 12.0 Å². The zero-order valence-electron chi connectivity index (χ0n) is 14.8. The first kappa shape index (κ1) is 17.0. The van der Waals surface area contributed by atoms with Gasteiger partial charge in [-0.2, -0.15) is 0 Å². The van der Waals surface area contributed by atoms with Crippen molar-refractivity contribution in [3.8, 4) is 12.3 Å². The lowest BCUT2D eigenvalue weighted by atomic mass is 10.1. The lowest BCUT2D eigenvalue weighted by molar-refractivity contribution is 0.102. The maximum absolute atomic E-state index is 12.5. The first-order valence-corrected chi connectivity index (χ1v) is 8.68. The molecule has 0 bridgehead atoms. The summed E-state index contributed by atoms with van der Waals surface area (Å²) in [5.74, 6) is 3.45. The van der Waals surface area contributed by atoms with Gasteiger partial charge in [0.2, 0.25) is 0 Å². The molecular formula is C21H23N3O. The molecule has 25 heavy (non-hydrogen) atoms. The summed E-state index contributed by atoms with van der Waals surface area (Å²) in [5, 5.41) is 2.91. The van der Waals surface area contributed by atoms with Gasteiger partial charge in [0, 0.05) is 24.2 Å². The Kier molecular flexibility index (Phi) is 5.04. The van der Waals surface area contributed by atoms with Crippen LogP contribution in [0.4, 0.5) is 11.5 Å². The fraction of sp³-hybridized carbons (Fsp3) is 0.333. The standard InChI is InChI=1S/C21H23N3O/c1-4-17-13-18(9-8-15(17)2)21(25)23-19-12-16(3)20(22-14-19)24-10-6-5-7-11-24/h1,8-9,12-14H,5-7,10-11H2,2-3H3,(H,23,25). The average Bonchev–Trinajstić information content (AvgIpc) is 2.63. The van der Waals surface area contributed by atoms with Crippen LogP contribution in [-0.2, 0) is 0 Å². The van der Waals surface area contributed by atoms with Crippen LogP contribution in [0, 0.1) is 26.2 Å². The molecule has 0 saturated carbocycles. The number of anilines is 2. The highest BCUT2D eigenvalue weighted by molar-refractivity contribution is 6.04. The van der Waals surface area contributed by atoms with E-state index in [0.717, 1.165) is 35.6 Å². The Morgan fingerprint density at radius 2 is 1.92 bits per heavy atom. The molecule has 3 rings (SSSR count). The molecule has 4 heteroatoms. The summed E-state index contributed by atoms with van der Waals surface area (Å²) in [4.78, 5) is 19.4. The van der Waals surface area contributed by atoms with Gasteiger partial charge in [-0.15, -0.1) is 6.42 Å². The number of carbonyl (C=O) groups excluding carboxylic acids is 1. The average molecular weight is 333 g/mol. The molecule has 0 aliphatic carbocycles. The summed E-state index contributed by atoms with van der Waals surface area (Å²) in [7, 11) is 0. The second-order valence-electron chi connectivity index (χ2n) is 6.54. The van der Waals surface area contributed by atoms with Gasteiger partial charge in [-0.3, -0.25) is 4.79 Å². The van der Waals surface area contributed by atoms with Crippen LogP contribution in [0.1, 0.15) is 46.3 Å². The maximum atomic E-state index is 12.5. The van der Waals surface area contributed by atoms with Crippen LogP contribution in [0.2, 0.25) is 0 Å². The van der Waals surface area contributed by atoms with Gasteiger partial charge in [0.15, 0.2) is 0 Å². The van der Waals surface area contributed by atoms with E-state index in [0.29, 0.717) is 11.3 Å². The molecule has 1 aromatic carbocycles. The lowest BCUT2D eigenvalue weighted by Gasteiger charge is -2.29. The molecule has 1 aliphatic heterocycles. The normalized spacial score (nSPS) is 14.0. The van der Waals surface area contributed by atoms with E-state index in [2.05, 4.69) is 21.1 Å². The first-order chi connectivity index (χ1) is 12.1. The first-order valence-electron chi connectivity index (χ1n) is 8.68. The number of pyridine rings is 1. The van der Waals surface area contributed by atoms with Gasteiger partial charge >= 0.3 is 0 Å². The molecule has 1 aromatic heterocycles. The number of aromatic nitrogens is 1. The Hall–Kier alpha value is -2.80. The number of amides is 1. The second kappa shape index (κ2) is 7.40. The van der Waals surface area contributed by atoms with Gasteiger partial charge < -0.3 is 10.2 Å². The minimum Gasteiger partial charge on any atom is -0.356 e. The number of hydrogen-bond acceptors (Lipinski definition) is 3. The zero-order valence-corrected chi connectivity index (χ0v) is 14.8. The number of hydrogen-bond donors (Lipinski definition) is 1. The minimum absolute atomic E-state index is 0.177. The minimum atomic E-state index is -0.177. The Balaban J connectivity index is 1.75. The molecule has 4 nitrogen and oxygen atoms in total. The Labute approximate surface area is 149 Å². The van der Waals surface area contributed by atoms with Crippen LogP contribution in [0.15, 0.2) is 30.5 Å². The van der Waals surface area contributed by atoms with Crippen LogP contribution in [0.3, 0.4) is 0 Å². The number of carbonyl (C=O) groups is 1. The fourth-order valence-corrected chi connectivity index (χ4v) is 3.19. The third kappa shape index (κ3) is 3.83. The van der Waals surface area contributed by atoms with Crippen molar-refractivity contribution in [2.45, 2.75) is 33.1 Å². The summed E-state index contributed by atoms with van der Waals surface area (Å²) in [6.07, 6.45) is 10.9. The number of aryl methyl sites for hydroxylation is 2. The molecule has 1 aliphatic rings. The quantitative estimate of drug-likeness (QED) is 0.866. The number of nitrogens with zero attached hydrogens (tertiary/aromatic N) is 2. The number of nitrogens with one attached hydrogen (secondary N) is 1. The summed E-state index contributed by atoms with van der Waals surface area (Å²) in [5.41, 5.74) is 4.06. The molecule has 1 saturated heterocycles. The fourth-order valence-electron chi connectivity index (χ4n) is 3.19. The summed E-state index contributed by atoms with van der Waals surface area (Å²) in [6, 6.07) is 7.37. The van der Waals surface area contributed by atoms with Crippen LogP contribution in [0.5, 0.6) is 0 Å². The highest BCUT2D eigenvalue weighted by Crippen LogP contribution is 2.24. The summed E-state index contributed by atoms with van der Waals surface area (Å²) >= 11 is 0. The van der Waals surface area contributed by atoms with Crippen molar-refractivity contribution in [2.75, 3.05) is 23.3 Å². The number of benzene rings is 1. The van der Waals surface area contributed by atoms with E-state index in [1.165, 1.54) is 19.3 Å². The predicted molar refractivity (Wildman–Crippen MR) is 102 cm³/mol. The van der Waals surface area contributed by atoms with Crippen LogP contribution >= 0.6 is 0 Å². The van der Waals surface area contributed by atoms with Gasteiger partial charge in [-0.25, -0.2) is 4.98 Å². The predicted octanol–water partition coefficient (Wildman–Crippen LogP) is 3.92. The van der Waals surface area contributed by atoms with Gasteiger partial charge in [-0.05, 0) is 62.4 Å². The molecule has 128 valence electrons. The summed E-state index contributed by atoms with van der Waals surface area (Å²) < 4.78 is 0. The van der Waals surface area contributed by atoms with Crippen LogP contribution in [0.25, 0.3) is 0 Å². The maximum Gasteiger partial charge on any atom is 0.255 e. The van der Waals surface area contributed by atoms with Crippen molar-refractivity contribution in [3.05, 3.63) is 52.7 Å². The van der Waals surface area contributed by atoms with E-state index in [9.17, 15) is 4.79 Å². The Bertz CT molecular complexity index is 830. The van der Waals surface area contributed by atoms with E-state index >= 15 is 0 Å². The van der Waals surface area contributed by atoms with Crippen LogP contribution < -0.4 is 10.2 Å². The molecule has 2 heterocycles. The van der Waals surface area contributed by atoms with E-state index in [4.69, 9.17) is 6.42 Å². The molecule has 1 fully saturated rings. The highest BCUT2D eigenvalue weighted by atomic mass is 16.1. The molecule has 0 radical (unpaired) electrons. The highest BCUT2D eigenvalue weighted by Gasteiger charge is 2.15. The largest absolute Gasteiger partial charge is 0.356 e. The smallest absolute Gasteiger partial charge is 0.255 e. The molecule has 0 spiro atoms. The Morgan fingerprint density at radius 1 is 1.16 bits per heavy atom. The van der Waals surface area contributed by atoms with Crippen LogP contribution in [-0.4, -0.2) is 24.0 Å². The topological polar surface area (TPSA) is 45.2 Å². The number of rotatable bonds is 3. The molecule has 0 atom stereocenters. The molecular weight excluding hydrogens is 310 g/mol. The van der Waals surface area contributed by atoms with Crippen molar-refractivity contribution in [1.29, 1.82) is 0 Å². The van der Waals surface area contributed by atoms with E-state index < -0.39 is 0 Å². The number of terminal acetylenes is 1. The second-order valence-corrected chi connectivity index (χ2v) is 6.54. The van der Waals surface area contributed by atoms with Gasteiger partial charge in [0.05, 0.1) is 11.9 Å². The van der Waals surface area contributed by atoms with Crippen molar-refractivity contribution < 1.29 is 4.79 Å². The molecule has 1 amide bonds. The molecule has 0 unspecified atom stereocenters. The summed E-state index contributed by atoms with van der Waals surface area (Å²) in [6.45, 7) is 6.08. The van der Waals surface area contributed by atoms with Crippen molar-refractivity contribution in [1.82, 2.24) is 4.98 Å². The van der Waals surface area contributed by atoms with Crippen molar-refractivity contribution in [3.63, 3.8) is 0 Å². The zero-order chi connectivity index (χ0) is 17.8. The van der Waals surface area contributed by atoms with E-state index in [1.807, 2.05) is 26.0 Å². The SMILES string of the molecule is C#Cc1cc(C(=O)Nc2cnc(N3CCCCC3)c(C)c2)ccc1C. The third-order valence-corrected chi connectivity index (χ3v) is 4.62. The monoisotopic (exact) mass is 333 g/mol. The van der Waals surface area contributed by atoms with E-state index in [1.54, 1.807) is 18.3 Å². The van der Waals surface area contributed by atoms with Gasteiger partial charge in [0.1, 0.15) is 5.82 Å². The molecule has 2 aromatic rings. The van der Waals surface area contributed by atoms with E-state index in [-0.39, 0.29) is 5.91 Å². The van der Waals surface area contributed by atoms with Gasteiger partial charge in [0.25, 0.3) is 5.91 Å². The third-order valence-electron chi connectivity index (χ3n) is 4.62. The molecule has 1 N–H and O–H groups in total. The van der Waals surface area contributed by atoms with Crippen molar-refractivity contribution in [2.24, 2.45) is 0 Å². The Morgan fingerprint density at radius 3 is 2.60 bits per heavy atom. The number of piperidine rings is 1. The lowest BCUT2D eigenvalue weighted by Crippen LogP contribution is -2.30.